The highest BCUT2D eigenvalue weighted by molar-refractivity contribution is 6.09. The fraction of sp³-hybridized carbons (Fsp3) is 0.407. The highest BCUT2D eigenvalue weighted by Crippen LogP contribution is 2.21. The highest BCUT2D eigenvalue weighted by Gasteiger charge is 2.33. The molecule has 3 rings (SSSR count). The zero-order chi connectivity index (χ0) is 25.2. The predicted molar refractivity (Wildman–Crippen MR) is 136 cm³/mol. The minimum absolute atomic E-state index is 0.0185. The topological polar surface area (TPSA) is 108 Å². The van der Waals surface area contributed by atoms with Crippen molar-refractivity contribution >= 4 is 35.0 Å². The van der Waals surface area contributed by atoms with Crippen molar-refractivity contribution in [2.24, 2.45) is 5.92 Å². The first-order chi connectivity index (χ1) is 16.9. The van der Waals surface area contributed by atoms with Crippen molar-refractivity contribution in [3.8, 4) is 0 Å². The van der Waals surface area contributed by atoms with Crippen LogP contribution in [0.15, 0.2) is 48.5 Å². The lowest BCUT2D eigenvalue weighted by molar-refractivity contribution is -0.128. The van der Waals surface area contributed by atoms with Gasteiger partial charge in [0.25, 0.3) is 11.8 Å². The molecule has 1 saturated heterocycles. The summed E-state index contributed by atoms with van der Waals surface area (Å²) in [5.41, 5.74) is 1.79. The molecule has 2 aromatic rings. The Balaban J connectivity index is 1.58. The second kappa shape index (κ2) is 12.7. The molecule has 4 amide bonds. The van der Waals surface area contributed by atoms with Crippen LogP contribution in [0.25, 0.3) is 0 Å². The number of anilines is 2. The van der Waals surface area contributed by atoms with Crippen LogP contribution < -0.4 is 16.0 Å². The Hall–Kier alpha value is -3.68. The van der Waals surface area contributed by atoms with E-state index in [1.807, 2.05) is 0 Å². The van der Waals surface area contributed by atoms with E-state index >= 15 is 0 Å². The van der Waals surface area contributed by atoms with Crippen LogP contribution in [-0.4, -0.2) is 48.2 Å². The summed E-state index contributed by atoms with van der Waals surface area (Å²) < 4.78 is 0. The van der Waals surface area contributed by atoms with Crippen LogP contribution in [0.4, 0.5) is 11.4 Å². The van der Waals surface area contributed by atoms with Crippen molar-refractivity contribution < 1.29 is 19.2 Å². The molecule has 186 valence electrons. The molecule has 1 unspecified atom stereocenters. The van der Waals surface area contributed by atoms with Crippen LogP contribution in [-0.2, 0) is 9.59 Å². The molecule has 0 aliphatic carbocycles. The molecule has 0 radical (unpaired) electrons. The second-order valence-electron chi connectivity index (χ2n) is 8.77. The Morgan fingerprint density at radius 3 is 2.34 bits per heavy atom. The van der Waals surface area contributed by atoms with E-state index in [-0.39, 0.29) is 36.0 Å². The van der Waals surface area contributed by atoms with Crippen LogP contribution in [0, 0.1) is 5.92 Å². The number of nitrogens with one attached hydrogen (secondary N) is 3. The molecule has 0 aromatic heterocycles. The van der Waals surface area contributed by atoms with Crippen molar-refractivity contribution in [1.29, 1.82) is 0 Å². The first-order valence-corrected chi connectivity index (χ1v) is 12.3. The fourth-order valence-corrected chi connectivity index (χ4v) is 3.92. The maximum atomic E-state index is 12.8. The number of hydrogen-bond acceptors (Lipinski definition) is 4. The third-order valence-electron chi connectivity index (χ3n) is 6.02. The van der Waals surface area contributed by atoms with Gasteiger partial charge in [-0.05, 0) is 49.2 Å². The van der Waals surface area contributed by atoms with Crippen LogP contribution in [0.5, 0.6) is 0 Å². The van der Waals surface area contributed by atoms with Gasteiger partial charge in [-0.25, -0.2) is 0 Å². The fourth-order valence-electron chi connectivity index (χ4n) is 3.92. The number of amides is 4. The maximum Gasteiger partial charge on any atom is 0.255 e. The molecule has 0 saturated carbocycles. The van der Waals surface area contributed by atoms with Crippen molar-refractivity contribution in [3.63, 3.8) is 0 Å². The van der Waals surface area contributed by atoms with Crippen LogP contribution >= 0.6 is 0 Å². The predicted octanol–water partition coefficient (Wildman–Crippen LogP) is 4.06. The molecule has 3 N–H and O–H groups in total. The van der Waals surface area contributed by atoms with Gasteiger partial charge in [0.1, 0.15) is 0 Å². The summed E-state index contributed by atoms with van der Waals surface area (Å²) in [5, 5.41) is 8.51. The first-order valence-electron chi connectivity index (χ1n) is 12.3. The summed E-state index contributed by atoms with van der Waals surface area (Å²) in [7, 11) is 0. The Bertz CT molecular complexity index is 1050. The van der Waals surface area contributed by atoms with Gasteiger partial charge in [0.2, 0.25) is 11.8 Å². The lowest BCUT2D eigenvalue weighted by Crippen LogP contribution is -2.29. The summed E-state index contributed by atoms with van der Waals surface area (Å²) >= 11 is 0. The van der Waals surface area contributed by atoms with Gasteiger partial charge >= 0.3 is 0 Å². The van der Waals surface area contributed by atoms with Crippen molar-refractivity contribution in [2.75, 3.05) is 30.3 Å². The smallest absolute Gasteiger partial charge is 0.255 e. The summed E-state index contributed by atoms with van der Waals surface area (Å²) in [6.07, 6.45) is 4.01. The second-order valence-corrected chi connectivity index (χ2v) is 8.77. The van der Waals surface area contributed by atoms with Gasteiger partial charge in [0.05, 0.1) is 17.2 Å². The molecule has 35 heavy (non-hydrogen) atoms. The molecule has 1 aliphatic rings. The van der Waals surface area contributed by atoms with Gasteiger partial charge in [0.15, 0.2) is 0 Å². The normalized spacial score (nSPS) is 15.1. The van der Waals surface area contributed by atoms with Gasteiger partial charge in [0, 0.05) is 37.3 Å². The number of carbonyl (C=O) groups is 4. The monoisotopic (exact) mass is 478 g/mol. The zero-order valence-electron chi connectivity index (χ0n) is 20.4. The lowest BCUT2D eigenvalue weighted by Gasteiger charge is -2.16. The lowest BCUT2D eigenvalue weighted by atomic mass is 10.1. The third kappa shape index (κ3) is 7.15. The Morgan fingerprint density at radius 1 is 0.914 bits per heavy atom. The van der Waals surface area contributed by atoms with Crippen LogP contribution in [0.3, 0.4) is 0 Å². The quantitative estimate of drug-likeness (QED) is 0.423. The number of para-hydroxylation sites is 1. The standard InChI is InChI=1S/C27H34N4O4/c1-3-5-15-28-27(35)22-9-7-8-10-23(22)30-25(33)19-11-13-21(14-12-19)29-26(34)20-17-24(32)31(18-20)16-6-4-2/h7-14,20H,3-6,15-18H2,1-2H3,(H,28,35)(H,29,34)(H,30,33). The summed E-state index contributed by atoms with van der Waals surface area (Å²) in [5.74, 6) is -1.14. The number of unbranched alkanes of at least 4 members (excludes halogenated alkanes) is 2. The zero-order valence-corrected chi connectivity index (χ0v) is 20.4. The van der Waals surface area contributed by atoms with Gasteiger partial charge in [-0.1, -0.05) is 38.8 Å². The van der Waals surface area contributed by atoms with Crippen LogP contribution in [0.2, 0.25) is 0 Å². The average Bonchev–Trinajstić information content (AvgIpc) is 3.24. The minimum atomic E-state index is -0.373. The molecule has 1 atom stereocenters. The molecule has 8 heteroatoms. The third-order valence-corrected chi connectivity index (χ3v) is 6.02. The van der Waals surface area contributed by atoms with Gasteiger partial charge in [-0.3, -0.25) is 19.2 Å². The Morgan fingerprint density at radius 2 is 1.63 bits per heavy atom. The van der Waals surface area contributed by atoms with E-state index in [0.717, 1.165) is 25.7 Å². The molecule has 0 spiro atoms. The maximum absolute atomic E-state index is 12.8. The largest absolute Gasteiger partial charge is 0.352 e. The summed E-state index contributed by atoms with van der Waals surface area (Å²) in [4.78, 5) is 51.8. The van der Waals surface area contributed by atoms with E-state index < -0.39 is 0 Å². The van der Waals surface area contributed by atoms with Crippen molar-refractivity contribution in [1.82, 2.24) is 10.2 Å². The first kappa shape index (κ1) is 25.9. The number of rotatable bonds is 11. The minimum Gasteiger partial charge on any atom is -0.352 e. The Kier molecular flexibility index (Phi) is 9.40. The van der Waals surface area contributed by atoms with Gasteiger partial charge < -0.3 is 20.9 Å². The number of benzene rings is 2. The summed E-state index contributed by atoms with van der Waals surface area (Å²) in [6, 6.07) is 13.4. The molecular weight excluding hydrogens is 444 g/mol. The number of hydrogen-bond donors (Lipinski definition) is 3. The summed E-state index contributed by atoms with van der Waals surface area (Å²) in [6.45, 7) is 5.83. The van der Waals surface area contributed by atoms with E-state index in [1.165, 1.54) is 0 Å². The van der Waals surface area contributed by atoms with E-state index in [0.29, 0.717) is 42.1 Å². The molecule has 0 bridgehead atoms. The van der Waals surface area contributed by atoms with Crippen LogP contribution in [0.1, 0.15) is 66.7 Å². The number of nitrogens with zero attached hydrogens (tertiary/aromatic N) is 1. The van der Waals surface area contributed by atoms with Gasteiger partial charge in [-0.15, -0.1) is 0 Å². The molecule has 1 aliphatic heterocycles. The number of likely N-dealkylation sites (tertiary alicyclic amines) is 1. The molecule has 2 aromatic carbocycles. The number of carbonyl (C=O) groups excluding carboxylic acids is 4. The Labute approximate surface area is 206 Å². The van der Waals surface area contributed by atoms with E-state index in [9.17, 15) is 19.2 Å². The molecule has 1 heterocycles. The SMILES string of the molecule is CCCCNC(=O)c1ccccc1NC(=O)c1ccc(NC(=O)C2CC(=O)N(CCCC)C2)cc1. The van der Waals surface area contributed by atoms with Crippen molar-refractivity contribution in [3.05, 3.63) is 59.7 Å². The van der Waals surface area contributed by atoms with E-state index in [4.69, 9.17) is 0 Å². The average molecular weight is 479 g/mol. The van der Waals surface area contributed by atoms with Crippen molar-refractivity contribution in [2.45, 2.75) is 46.0 Å². The molecule has 1 fully saturated rings. The van der Waals surface area contributed by atoms with Gasteiger partial charge in [-0.2, -0.15) is 0 Å². The molecular formula is C27H34N4O4. The molecule has 8 nitrogen and oxygen atoms in total. The highest BCUT2D eigenvalue weighted by atomic mass is 16.2. The van der Waals surface area contributed by atoms with E-state index in [1.54, 1.807) is 53.4 Å². The van der Waals surface area contributed by atoms with E-state index in [2.05, 4.69) is 29.8 Å².